The second kappa shape index (κ2) is 4.34. The van der Waals surface area contributed by atoms with Crippen LogP contribution in [0.3, 0.4) is 0 Å². The third-order valence-electron chi connectivity index (χ3n) is 8.18. The Morgan fingerprint density at radius 3 is 2.60 bits per heavy atom. The molecule has 0 radical (unpaired) electrons. The maximum atomic E-state index is 12.4. The highest BCUT2D eigenvalue weighted by molar-refractivity contribution is 5.82. The molecule has 5 unspecified atom stereocenters. The lowest BCUT2D eigenvalue weighted by Crippen LogP contribution is -2.53. The molecule has 20 heavy (non-hydrogen) atoms. The van der Waals surface area contributed by atoms with E-state index in [1.807, 2.05) is 0 Å². The van der Waals surface area contributed by atoms with Crippen LogP contribution in [-0.4, -0.2) is 5.78 Å². The Morgan fingerprint density at radius 2 is 1.75 bits per heavy atom. The lowest BCUT2D eigenvalue weighted by Gasteiger charge is -2.59. The van der Waals surface area contributed by atoms with E-state index in [0.717, 1.165) is 30.6 Å². The van der Waals surface area contributed by atoms with E-state index in [9.17, 15) is 4.79 Å². The van der Waals surface area contributed by atoms with E-state index in [4.69, 9.17) is 0 Å². The summed E-state index contributed by atoms with van der Waals surface area (Å²) < 4.78 is 0. The van der Waals surface area contributed by atoms with Crippen LogP contribution in [0, 0.1) is 34.5 Å². The Balaban J connectivity index is 1.67. The highest BCUT2D eigenvalue weighted by atomic mass is 16.1. The van der Waals surface area contributed by atoms with Gasteiger partial charge < -0.3 is 0 Å². The molecule has 112 valence electrons. The number of ketones is 1. The summed E-state index contributed by atoms with van der Waals surface area (Å²) in [6.07, 6.45) is 13.2. The topological polar surface area (TPSA) is 17.1 Å². The summed E-state index contributed by atoms with van der Waals surface area (Å²) in [4.78, 5) is 12.4. The molecule has 4 saturated carbocycles. The second-order valence-corrected chi connectivity index (χ2v) is 8.92. The first-order chi connectivity index (χ1) is 9.55. The molecule has 4 fully saturated rings. The van der Waals surface area contributed by atoms with Gasteiger partial charge in [-0.05, 0) is 80.0 Å². The number of carbonyl (C=O) groups excluding carboxylic acids is 1. The maximum Gasteiger partial charge on any atom is 0.136 e. The van der Waals surface area contributed by atoms with Crippen LogP contribution < -0.4 is 0 Å². The Bertz CT molecular complexity index is 427. The van der Waals surface area contributed by atoms with Gasteiger partial charge in [-0.25, -0.2) is 0 Å². The summed E-state index contributed by atoms with van der Waals surface area (Å²) in [5, 5.41) is 0. The van der Waals surface area contributed by atoms with Crippen LogP contribution in [0.4, 0.5) is 0 Å². The van der Waals surface area contributed by atoms with Gasteiger partial charge in [0, 0.05) is 12.3 Å². The standard InChI is InChI=1S/C19H30O/c1-18-10-3-5-14(18)13-7-8-16-17(20)6-4-11-19(16,2)15(13)9-12-18/h13-16H,3-12H2,1-2H3/t13?,14?,15?,16-,18?,19?/m0/s1. The maximum absolute atomic E-state index is 12.4. The number of fused-ring (bicyclic) bond motifs is 5. The van der Waals surface area contributed by atoms with Crippen molar-refractivity contribution in [2.45, 2.75) is 78.1 Å². The number of hydrogen-bond acceptors (Lipinski definition) is 1. The molecule has 0 aromatic carbocycles. The molecule has 0 heterocycles. The molecule has 6 atom stereocenters. The fourth-order valence-corrected chi connectivity index (χ4v) is 7.16. The van der Waals surface area contributed by atoms with Crippen LogP contribution in [0.2, 0.25) is 0 Å². The molecule has 4 aliphatic rings. The van der Waals surface area contributed by atoms with Gasteiger partial charge in [0.2, 0.25) is 0 Å². The molecule has 0 bridgehead atoms. The summed E-state index contributed by atoms with van der Waals surface area (Å²) in [6, 6.07) is 0. The van der Waals surface area contributed by atoms with Crippen molar-refractivity contribution in [2.75, 3.05) is 0 Å². The van der Waals surface area contributed by atoms with Gasteiger partial charge in [0.15, 0.2) is 0 Å². The van der Waals surface area contributed by atoms with Crippen molar-refractivity contribution in [2.24, 2.45) is 34.5 Å². The Hall–Kier alpha value is -0.330. The third kappa shape index (κ3) is 1.64. The first-order valence-corrected chi connectivity index (χ1v) is 9.07. The molecular weight excluding hydrogens is 244 g/mol. The number of rotatable bonds is 0. The van der Waals surface area contributed by atoms with E-state index in [-0.39, 0.29) is 0 Å². The summed E-state index contributed by atoms with van der Waals surface area (Å²) in [7, 11) is 0. The summed E-state index contributed by atoms with van der Waals surface area (Å²) in [5.74, 6) is 3.82. The van der Waals surface area contributed by atoms with E-state index in [2.05, 4.69) is 13.8 Å². The van der Waals surface area contributed by atoms with Gasteiger partial charge in [0.25, 0.3) is 0 Å². The van der Waals surface area contributed by atoms with Crippen molar-refractivity contribution in [3.63, 3.8) is 0 Å². The first-order valence-electron chi connectivity index (χ1n) is 9.07. The molecule has 0 aromatic heterocycles. The van der Waals surface area contributed by atoms with Crippen LogP contribution in [0.25, 0.3) is 0 Å². The van der Waals surface area contributed by atoms with Crippen molar-refractivity contribution in [1.29, 1.82) is 0 Å². The van der Waals surface area contributed by atoms with Gasteiger partial charge in [-0.2, -0.15) is 0 Å². The zero-order valence-electron chi connectivity index (χ0n) is 13.3. The Morgan fingerprint density at radius 1 is 0.900 bits per heavy atom. The smallest absolute Gasteiger partial charge is 0.136 e. The van der Waals surface area contributed by atoms with Crippen molar-refractivity contribution < 1.29 is 4.79 Å². The van der Waals surface area contributed by atoms with E-state index in [1.165, 1.54) is 51.4 Å². The lowest BCUT2D eigenvalue weighted by atomic mass is 9.45. The zero-order valence-corrected chi connectivity index (χ0v) is 13.3. The molecule has 0 aromatic rings. The van der Waals surface area contributed by atoms with Crippen molar-refractivity contribution >= 4 is 5.78 Å². The molecule has 0 saturated heterocycles. The Labute approximate surface area is 123 Å². The van der Waals surface area contributed by atoms with Gasteiger partial charge in [-0.3, -0.25) is 4.79 Å². The summed E-state index contributed by atoms with van der Waals surface area (Å²) >= 11 is 0. The largest absolute Gasteiger partial charge is 0.299 e. The fraction of sp³-hybridized carbons (Fsp3) is 0.947. The van der Waals surface area contributed by atoms with Gasteiger partial charge >= 0.3 is 0 Å². The minimum absolute atomic E-state index is 0.363. The molecule has 0 spiro atoms. The van der Waals surface area contributed by atoms with Crippen molar-refractivity contribution in [3.8, 4) is 0 Å². The van der Waals surface area contributed by atoms with Crippen molar-refractivity contribution in [3.05, 3.63) is 0 Å². The minimum atomic E-state index is 0.363. The van der Waals surface area contributed by atoms with E-state index in [0.29, 0.717) is 22.5 Å². The normalized spacial score (nSPS) is 55.0. The van der Waals surface area contributed by atoms with E-state index in [1.54, 1.807) is 0 Å². The molecule has 0 aliphatic heterocycles. The summed E-state index contributed by atoms with van der Waals surface area (Å²) in [5.41, 5.74) is 1.02. The quantitative estimate of drug-likeness (QED) is 0.608. The van der Waals surface area contributed by atoms with Gasteiger partial charge in [0.05, 0.1) is 0 Å². The number of Topliss-reactive ketones (excluding diaryl/α,β-unsaturated/α-hetero) is 1. The highest BCUT2D eigenvalue weighted by Crippen LogP contribution is 2.65. The third-order valence-corrected chi connectivity index (χ3v) is 8.18. The molecule has 0 N–H and O–H groups in total. The zero-order chi connectivity index (χ0) is 14.0. The first kappa shape index (κ1) is 13.3. The van der Waals surface area contributed by atoms with E-state index < -0.39 is 0 Å². The fourth-order valence-electron chi connectivity index (χ4n) is 7.16. The van der Waals surface area contributed by atoms with Crippen LogP contribution in [0.1, 0.15) is 78.1 Å². The predicted molar refractivity (Wildman–Crippen MR) is 81.4 cm³/mol. The van der Waals surface area contributed by atoms with Crippen LogP contribution in [-0.2, 0) is 4.79 Å². The number of hydrogen-bond donors (Lipinski definition) is 0. The Kier molecular flexibility index (Phi) is 2.89. The molecule has 4 rings (SSSR count). The number of carbonyl (C=O) groups is 1. The molecule has 0 amide bonds. The van der Waals surface area contributed by atoms with Gasteiger partial charge in [-0.15, -0.1) is 0 Å². The van der Waals surface area contributed by atoms with Crippen LogP contribution >= 0.6 is 0 Å². The molecule has 4 aliphatic carbocycles. The van der Waals surface area contributed by atoms with Crippen LogP contribution in [0.15, 0.2) is 0 Å². The second-order valence-electron chi connectivity index (χ2n) is 8.92. The average Bonchev–Trinajstić information content (AvgIpc) is 2.80. The molecule has 1 nitrogen and oxygen atoms in total. The monoisotopic (exact) mass is 274 g/mol. The SMILES string of the molecule is CC12CCCC1C1CC[C@H]3C(=O)CCCC3(C)C1CC2. The minimum Gasteiger partial charge on any atom is -0.299 e. The van der Waals surface area contributed by atoms with E-state index >= 15 is 0 Å². The lowest BCUT2D eigenvalue weighted by molar-refractivity contribution is -0.146. The van der Waals surface area contributed by atoms with Crippen molar-refractivity contribution in [1.82, 2.24) is 0 Å². The molecule has 1 heteroatoms. The predicted octanol–water partition coefficient (Wildman–Crippen LogP) is 4.99. The van der Waals surface area contributed by atoms with Gasteiger partial charge in [-0.1, -0.05) is 20.3 Å². The van der Waals surface area contributed by atoms with Gasteiger partial charge in [0.1, 0.15) is 5.78 Å². The average molecular weight is 274 g/mol. The van der Waals surface area contributed by atoms with Crippen LogP contribution in [0.5, 0.6) is 0 Å². The molecular formula is C19H30O. The summed E-state index contributed by atoms with van der Waals surface area (Å²) in [6.45, 7) is 5.06. The highest BCUT2D eigenvalue weighted by Gasteiger charge is 2.58.